The summed E-state index contributed by atoms with van der Waals surface area (Å²) in [7, 11) is 0. The molecule has 3 atom stereocenters. The van der Waals surface area contributed by atoms with Gasteiger partial charge < -0.3 is 11.1 Å². The Balaban J connectivity index is 0.000000980. The summed E-state index contributed by atoms with van der Waals surface area (Å²) in [5.74, 6) is 1.87. The van der Waals surface area contributed by atoms with Crippen LogP contribution in [0.4, 0.5) is 5.82 Å². The van der Waals surface area contributed by atoms with Gasteiger partial charge in [0.05, 0.1) is 11.9 Å². The van der Waals surface area contributed by atoms with Gasteiger partial charge in [-0.05, 0) is 44.4 Å². The normalized spacial score (nSPS) is 28.8. The van der Waals surface area contributed by atoms with Gasteiger partial charge in [0.15, 0.2) is 5.65 Å². The van der Waals surface area contributed by atoms with Gasteiger partial charge in [-0.25, -0.2) is 4.98 Å². The molecule has 2 aromatic rings. The summed E-state index contributed by atoms with van der Waals surface area (Å²) in [5.41, 5.74) is 10.2. The summed E-state index contributed by atoms with van der Waals surface area (Å²) < 4.78 is 2.02. The van der Waals surface area contributed by atoms with E-state index >= 15 is 0 Å². The van der Waals surface area contributed by atoms with Crippen LogP contribution in [0.15, 0.2) is 12.3 Å². The van der Waals surface area contributed by atoms with Crippen LogP contribution < -0.4 is 11.1 Å². The van der Waals surface area contributed by atoms with Gasteiger partial charge in [0, 0.05) is 29.1 Å². The highest BCUT2D eigenvalue weighted by atomic mass is 35.5. The number of fused-ring (bicyclic) bond motifs is 3. The average Bonchev–Trinajstić information content (AvgIpc) is 3.32. The lowest BCUT2D eigenvalue weighted by Gasteiger charge is -2.29. The maximum Gasteiger partial charge on any atom is 0.157 e. The third-order valence-corrected chi connectivity index (χ3v) is 6.87. The highest BCUT2D eigenvalue weighted by molar-refractivity contribution is 5.85. The van der Waals surface area contributed by atoms with Gasteiger partial charge in [0.2, 0.25) is 0 Å². The van der Waals surface area contributed by atoms with Crippen LogP contribution in [0.2, 0.25) is 0 Å². The SMILES string of the molecule is CC1Cc2c(nc3ccnn3c2N[C@H]2CC[C@H](N)C2)C12CCCC2.Cl.Cl. The van der Waals surface area contributed by atoms with E-state index in [0.29, 0.717) is 23.4 Å². The Morgan fingerprint density at radius 1 is 1.23 bits per heavy atom. The van der Waals surface area contributed by atoms with E-state index < -0.39 is 0 Å². The quantitative estimate of drug-likeness (QED) is 0.806. The van der Waals surface area contributed by atoms with Crippen molar-refractivity contribution >= 4 is 36.3 Å². The topological polar surface area (TPSA) is 68.2 Å². The number of nitrogens with two attached hydrogens (primary N) is 1. The molecule has 3 aliphatic rings. The number of anilines is 1. The van der Waals surface area contributed by atoms with Gasteiger partial charge in [-0.2, -0.15) is 9.61 Å². The number of nitrogens with zero attached hydrogens (tertiary/aromatic N) is 3. The third-order valence-electron chi connectivity index (χ3n) is 6.87. The van der Waals surface area contributed by atoms with Gasteiger partial charge in [-0.3, -0.25) is 0 Å². The van der Waals surface area contributed by atoms with E-state index in [-0.39, 0.29) is 24.8 Å². The zero-order valence-corrected chi connectivity index (χ0v) is 16.9. The molecule has 144 valence electrons. The second-order valence-electron chi connectivity index (χ2n) is 8.27. The molecule has 0 bridgehead atoms. The summed E-state index contributed by atoms with van der Waals surface area (Å²) in [6, 6.07) is 2.84. The van der Waals surface area contributed by atoms with Crippen molar-refractivity contribution in [3.05, 3.63) is 23.5 Å². The minimum Gasteiger partial charge on any atom is -0.367 e. The lowest BCUT2D eigenvalue weighted by Crippen LogP contribution is -2.27. The summed E-state index contributed by atoms with van der Waals surface area (Å²) in [6.45, 7) is 2.42. The van der Waals surface area contributed by atoms with Crippen molar-refractivity contribution in [2.24, 2.45) is 11.7 Å². The van der Waals surface area contributed by atoms with Crippen LogP contribution in [-0.2, 0) is 11.8 Å². The summed E-state index contributed by atoms with van der Waals surface area (Å²) >= 11 is 0. The highest BCUT2D eigenvalue weighted by Gasteiger charge is 2.49. The predicted octanol–water partition coefficient (Wildman–Crippen LogP) is 3.87. The molecule has 2 aromatic heterocycles. The largest absolute Gasteiger partial charge is 0.367 e. The Hall–Kier alpha value is -1.04. The molecule has 5 nitrogen and oxygen atoms in total. The molecular weight excluding hydrogens is 369 g/mol. The number of halogens is 2. The summed E-state index contributed by atoms with van der Waals surface area (Å²) in [4.78, 5) is 5.09. The van der Waals surface area contributed by atoms with E-state index in [4.69, 9.17) is 10.7 Å². The maximum atomic E-state index is 6.13. The molecule has 1 unspecified atom stereocenters. The Kier molecular flexibility index (Phi) is 5.44. The van der Waals surface area contributed by atoms with Gasteiger partial charge >= 0.3 is 0 Å². The molecule has 3 aliphatic carbocycles. The van der Waals surface area contributed by atoms with Crippen molar-refractivity contribution in [2.45, 2.75) is 75.8 Å². The van der Waals surface area contributed by atoms with Crippen LogP contribution in [0.3, 0.4) is 0 Å². The first-order valence-electron chi connectivity index (χ1n) is 9.56. The lowest BCUT2D eigenvalue weighted by molar-refractivity contribution is 0.316. The number of nitrogens with one attached hydrogen (secondary N) is 1. The molecule has 2 saturated carbocycles. The predicted molar refractivity (Wildman–Crippen MR) is 110 cm³/mol. The van der Waals surface area contributed by atoms with Crippen molar-refractivity contribution < 1.29 is 0 Å². The monoisotopic (exact) mass is 397 g/mol. The van der Waals surface area contributed by atoms with Gasteiger partial charge in [0.25, 0.3) is 0 Å². The van der Waals surface area contributed by atoms with Gasteiger partial charge in [0.1, 0.15) is 5.82 Å². The molecule has 3 N–H and O–H groups in total. The van der Waals surface area contributed by atoms with Crippen LogP contribution in [0.5, 0.6) is 0 Å². The molecule has 2 fully saturated rings. The second kappa shape index (κ2) is 7.17. The first-order valence-corrected chi connectivity index (χ1v) is 9.56. The zero-order valence-electron chi connectivity index (χ0n) is 15.3. The van der Waals surface area contributed by atoms with E-state index in [1.165, 1.54) is 42.8 Å². The maximum absolute atomic E-state index is 6.13. The number of aromatic nitrogens is 3. The van der Waals surface area contributed by atoms with Crippen molar-refractivity contribution in [2.75, 3.05) is 5.32 Å². The molecule has 0 amide bonds. The van der Waals surface area contributed by atoms with Crippen molar-refractivity contribution in [1.29, 1.82) is 0 Å². The molecule has 0 radical (unpaired) electrons. The zero-order chi connectivity index (χ0) is 16.3. The number of hydrogen-bond donors (Lipinski definition) is 2. The van der Waals surface area contributed by atoms with Crippen LogP contribution in [0.1, 0.15) is 63.1 Å². The Morgan fingerprint density at radius 3 is 2.69 bits per heavy atom. The van der Waals surface area contributed by atoms with Crippen LogP contribution in [0.25, 0.3) is 5.65 Å². The molecule has 5 rings (SSSR count). The molecule has 7 heteroatoms. The fourth-order valence-electron chi connectivity index (χ4n) is 5.54. The minimum atomic E-state index is 0. The standard InChI is InChI=1S/C19H27N5.2ClH/c1-12-10-15-17(19(12)7-2-3-8-19)23-16-6-9-21-24(16)18(15)22-14-5-4-13(20)11-14;;/h6,9,12-14,22H,2-5,7-8,10-11,20H2,1H3;2*1H/t12?,13-,14-;;/m0../s1. The van der Waals surface area contributed by atoms with Gasteiger partial charge in [-0.1, -0.05) is 19.8 Å². The van der Waals surface area contributed by atoms with E-state index in [1.54, 1.807) is 0 Å². The van der Waals surface area contributed by atoms with E-state index in [2.05, 4.69) is 17.3 Å². The molecular formula is C19H29Cl2N5. The number of hydrogen-bond acceptors (Lipinski definition) is 4. The fourth-order valence-corrected chi connectivity index (χ4v) is 5.54. The molecule has 0 aromatic carbocycles. The second-order valence-corrected chi connectivity index (χ2v) is 8.27. The molecule has 1 spiro atoms. The molecule has 2 heterocycles. The average molecular weight is 398 g/mol. The molecule has 26 heavy (non-hydrogen) atoms. The third kappa shape index (κ3) is 2.79. The van der Waals surface area contributed by atoms with Crippen molar-refractivity contribution in [1.82, 2.24) is 14.6 Å². The van der Waals surface area contributed by atoms with Crippen LogP contribution in [0, 0.1) is 5.92 Å². The Morgan fingerprint density at radius 2 is 2.00 bits per heavy atom. The van der Waals surface area contributed by atoms with Crippen LogP contribution in [-0.4, -0.2) is 26.7 Å². The van der Waals surface area contributed by atoms with E-state index in [9.17, 15) is 0 Å². The summed E-state index contributed by atoms with van der Waals surface area (Å²) in [5, 5.41) is 8.37. The van der Waals surface area contributed by atoms with Gasteiger partial charge in [-0.15, -0.1) is 24.8 Å². The molecule has 0 aliphatic heterocycles. The number of rotatable bonds is 2. The van der Waals surface area contributed by atoms with Crippen molar-refractivity contribution in [3.8, 4) is 0 Å². The van der Waals surface area contributed by atoms with Crippen molar-refractivity contribution in [3.63, 3.8) is 0 Å². The summed E-state index contributed by atoms with van der Waals surface area (Å²) in [6.07, 6.45) is 11.6. The highest BCUT2D eigenvalue weighted by Crippen LogP contribution is 2.54. The Labute approximate surface area is 167 Å². The Bertz CT molecular complexity index is 784. The first-order chi connectivity index (χ1) is 11.7. The smallest absolute Gasteiger partial charge is 0.157 e. The van der Waals surface area contributed by atoms with E-state index in [0.717, 1.165) is 31.3 Å². The lowest BCUT2D eigenvalue weighted by atomic mass is 9.76. The minimum absolute atomic E-state index is 0. The first kappa shape index (κ1) is 19.7. The van der Waals surface area contributed by atoms with Crippen LogP contribution >= 0.6 is 24.8 Å². The molecule has 0 saturated heterocycles. The van der Waals surface area contributed by atoms with E-state index in [1.807, 2.05) is 16.8 Å². The fraction of sp³-hybridized carbons (Fsp3) is 0.684.